The molecule has 7 aromatic carbocycles. The number of phenols is 1. The van der Waals surface area contributed by atoms with E-state index in [9.17, 15) is 53.6 Å². The Morgan fingerprint density at radius 1 is 0.530 bits per heavy atom. The van der Waals surface area contributed by atoms with Crippen molar-refractivity contribution in [2.24, 2.45) is 20.5 Å². The number of amides is 2. The van der Waals surface area contributed by atoms with E-state index < -0.39 is 68.3 Å². The van der Waals surface area contributed by atoms with Crippen molar-refractivity contribution >= 4 is 192 Å². The smallest absolute Gasteiger partial charge is 0.296 e. The predicted octanol–water partition coefficient (Wildman–Crippen LogP) is 7.52. The van der Waals surface area contributed by atoms with Crippen LogP contribution in [0.15, 0.2) is 156 Å². The zero-order valence-corrected chi connectivity index (χ0v) is 43.6. The molecule has 0 heterocycles. The molecular weight excluding hydrogens is 948 g/mol. The molecule has 0 bridgehead atoms. The summed E-state index contributed by atoms with van der Waals surface area (Å²) in [5.74, 6) is -1.59. The molecular formula is C41H31N7Na3O12S3. The van der Waals surface area contributed by atoms with Gasteiger partial charge >= 0.3 is 0 Å². The molecule has 0 fully saturated rings. The largest absolute Gasteiger partial charge is 0.505 e. The third-order valence-corrected chi connectivity index (χ3v) is 11.9. The Hall–Kier alpha value is -4.47. The molecule has 0 aliphatic heterocycles. The van der Waals surface area contributed by atoms with E-state index in [1.54, 1.807) is 37.3 Å². The first-order valence-corrected chi connectivity index (χ1v) is 22.3. The fraction of sp³-hybridized carbons (Fsp3) is 0.0244. The monoisotopic (exact) mass is 978 g/mol. The van der Waals surface area contributed by atoms with Crippen LogP contribution in [0.4, 0.5) is 39.8 Å². The Labute approximate surface area is 443 Å². The van der Waals surface area contributed by atoms with Gasteiger partial charge in [0, 0.05) is 128 Å². The first-order valence-electron chi connectivity index (χ1n) is 18.0. The Morgan fingerprint density at radius 3 is 1.65 bits per heavy atom. The number of azo groups is 2. The summed E-state index contributed by atoms with van der Waals surface area (Å²) in [7, 11) is -14.6. The number of benzene rings is 7. The average Bonchev–Trinajstić information content (AvgIpc) is 3.21. The Balaban J connectivity index is 0.00000317. The molecule has 7 rings (SSSR count). The second kappa shape index (κ2) is 21.7. The van der Waals surface area contributed by atoms with E-state index >= 15 is 0 Å². The van der Waals surface area contributed by atoms with Gasteiger partial charge in [0.25, 0.3) is 42.2 Å². The van der Waals surface area contributed by atoms with E-state index in [0.29, 0.717) is 34.3 Å². The number of carbonyl (C=O) groups excluding carboxylic acids is 2. The van der Waals surface area contributed by atoms with Crippen molar-refractivity contribution in [3.8, 4) is 5.75 Å². The molecule has 0 aliphatic rings. The summed E-state index contributed by atoms with van der Waals surface area (Å²) in [6.45, 7) is 1.69. The first-order chi connectivity index (χ1) is 29.6. The number of hydrogen-bond donors (Lipinski definition) is 7. The number of rotatable bonds is 11. The molecule has 8 N–H and O–H groups in total. The van der Waals surface area contributed by atoms with Crippen LogP contribution in [0.3, 0.4) is 0 Å². The number of hydrogen-bond acceptors (Lipinski definition) is 14. The Morgan fingerprint density at radius 2 is 1.08 bits per heavy atom. The van der Waals surface area contributed by atoms with Crippen molar-refractivity contribution < 1.29 is 53.6 Å². The van der Waals surface area contributed by atoms with Gasteiger partial charge in [0.1, 0.15) is 15.5 Å². The molecule has 0 aromatic heterocycles. The number of anilines is 3. The van der Waals surface area contributed by atoms with E-state index in [4.69, 9.17) is 5.73 Å². The van der Waals surface area contributed by atoms with E-state index in [-0.39, 0.29) is 133 Å². The molecule has 3 radical (unpaired) electrons. The summed E-state index contributed by atoms with van der Waals surface area (Å²) < 4.78 is 101. The molecule has 0 unspecified atom stereocenters. The van der Waals surface area contributed by atoms with Crippen molar-refractivity contribution in [3.05, 3.63) is 138 Å². The van der Waals surface area contributed by atoms with Crippen molar-refractivity contribution in [2.45, 2.75) is 21.6 Å². The number of aryl methyl sites for hydroxylation is 1. The summed E-state index contributed by atoms with van der Waals surface area (Å²) in [5.41, 5.74) is 8.02. The maximum atomic E-state index is 13.1. The number of aromatic hydroxyl groups is 1. The minimum atomic E-state index is -4.95. The standard InChI is InChI=1S/C41H31N7O12S3.3Na/c1-22-16-29(13-15-35(22)47-46-31-11-6-25-18-32(61(52,53)54)21-36(34(25)20-31)62(55,56)57)43-41(51)24-4-9-28(10-5-24)45-48-38-37(63(58,59)60)19-26-17-30(12-14-33(26)39(38)49)44-40(50)23-2-7-27(42)8-3-23;;;/h2-21,49H,42H2,1H3,(H,43,51)(H,44,50)(H,52,53,54)(H,55,56,57)(H,58,59,60);;;. The topological polar surface area (TPSA) is 317 Å². The number of nitrogen functional groups attached to an aromatic ring is 1. The SMILES string of the molecule is Cc1cc(NC(=O)c2ccc(N=Nc3c(S(=O)(=O)O)cc4cc(NC(=O)c5ccc(N)cc5)ccc4c3O)cc2)ccc1N=Nc1ccc2cc(S(=O)(=O)O)cc(S(=O)(=O)O)c2c1.[Na].[Na].[Na]. The minimum absolute atomic E-state index is 0. The van der Waals surface area contributed by atoms with E-state index in [0.717, 1.165) is 12.1 Å². The zero-order chi connectivity index (χ0) is 45.4. The maximum Gasteiger partial charge on any atom is 0.296 e. The summed E-state index contributed by atoms with van der Waals surface area (Å²) in [6.07, 6.45) is 0. The van der Waals surface area contributed by atoms with Crippen LogP contribution >= 0.6 is 0 Å². The van der Waals surface area contributed by atoms with Crippen LogP contribution in [0, 0.1) is 6.92 Å². The van der Waals surface area contributed by atoms with Gasteiger partial charge in [-0.2, -0.15) is 40.6 Å². The maximum absolute atomic E-state index is 13.1. The first kappa shape index (κ1) is 54.1. The number of nitrogens with one attached hydrogen (secondary N) is 2. The van der Waals surface area contributed by atoms with E-state index in [1.807, 2.05) is 0 Å². The van der Waals surface area contributed by atoms with Gasteiger partial charge in [-0.1, -0.05) is 6.07 Å². The van der Waals surface area contributed by atoms with Crippen LogP contribution in [0.25, 0.3) is 21.5 Å². The van der Waals surface area contributed by atoms with E-state index in [2.05, 4.69) is 31.1 Å². The number of fused-ring (bicyclic) bond motifs is 2. The number of nitrogens with zero attached hydrogens (tertiary/aromatic N) is 4. The number of carbonyl (C=O) groups is 2. The third-order valence-electron chi connectivity index (χ3n) is 9.33. The third kappa shape index (κ3) is 12.7. The molecule has 25 heteroatoms. The molecule has 7 aromatic rings. The van der Waals surface area contributed by atoms with Gasteiger partial charge in [0.2, 0.25) is 0 Å². The van der Waals surface area contributed by atoms with Gasteiger partial charge in [-0.25, -0.2) is 0 Å². The molecule has 0 saturated heterocycles. The second-order valence-corrected chi connectivity index (χ2v) is 17.9. The van der Waals surface area contributed by atoms with Gasteiger partial charge in [0.05, 0.1) is 22.0 Å². The van der Waals surface area contributed by atoms with Gasteiger partial charge in [0.15, 0.2) is 5.75 Å². The summed E-state index contributed by atoms with van der Waals surface area (Å²) in [5, 5.41) is 33.0. The molecule has 66 heavy (non-hydrogen) atoms. The summed E-state index contributed by atoms with van der Waals surface area (Å²) in [4.78, 5) is 23.6. The average molecular weight is 979 g/mol. The molecule has 0 atom stereocenters. The second-order valence-electron chi connectivity index (χ2n) is 13.7. The van der Waals surface area contributed by atoms with Crippen LogP contribution in [0.5, 0.6) is 5.75 Å². The van der Waals surface area contributed by atoms with Gasteiger partial charge in [-0.05, 0) is 139 Å². The Bertz CT molecular complexity index is 3450. The van der Waals surface area contributed by atoms with Crippen molar-refractivity contribution in [1.82, 2.24) is 0 Å². The minimum Gasteiger partial charge on any atom is -0.505 e. The van der Waals surface area contributed by atoms with Crippen molar-refractivity contribution in [3.63, 3.8) is 0 Å². The zero-order valence-electron chi connectivity index (χ0n) is 35.2. The van der Waals surface area contributed by atoms with Gasteiger partial charge in [-0.3, -0.25) is 23.2 Å². The van der Waals surface area contributed by atoms with Crippen LogP contribution in [-0.2, 0) is 30.4 Å². The van der Waals surface area contributed by atoms with Crippen molar-refractivity contribution in [1.29, 1.82) is 0 Å². The van der Waals surface area contributed by atoms with Crippen molar-refractivity contribution in [2.75, 3.05) is 16.4 Å². The summed E-state index contributed by atoms with van der Waals surface area (Å²) >= 11 is 0. The van der Waals surface area contributed by atoms with Gasteiger partial charge < -0.3 is 21.5 Å². The van der Waals surface area contributed by atoms with Crippen LogP contribution in [0.1, 0.15) is 26.3 Å². The molecule has 0 spiro atoms. The molecule has 0 saturated carbocycles. The quantitative estimate of drug-likeness (QED) is 0.0286. The Kier molecular flexibility index (Phi) is 17.8. The van der Waals surface area contributed by atoms with Crippen LogP contribution < -0.4 is 16.4 Å². The van der Waals surface area contributed by atoms with Crippen LogP contribution in [-0.4, -0.2) is 145 Å². The van der Waals surface area contributed by atoms with E-state index in [1.165, 1.54) is 72.8 Å². The molecule has 323 valence electrons. The number of phenolic OH excluding ortho intramolecular Hbond substituents is 1. The molecule has 0 aliphatic carbocycles. The molecule has 2 amide bonds. The van der Waals surface area contributed by atoms with Gasteiger partial charge in [-0.15, -0.1) is 5.11 Å². The fourth-order valence-corrected chi connectivity index (χ4v) is 8.22. The molecule has 19 nitrogen and oxygen atoms in total. The normalized spacial score (nSPS) is 11.8. The van der Waals surface area contributed by atoms with Crippen LogP contribution in [0.2, 0.25) is 0 Å². The fourth-order valence-electron chi connectivity index (χ4n) is 6.22. The summed E-state index contributed by atoms with van der Waals surface area (Å²) in [6, 6.07) is 27.6. The predicted molar refractivity (Wildman–Crippen MR) is 249 cm³/mol. The number of nitrogens with two attached hydrogens (primary N) is 1.